The smallest absolute Gasteiger partial charge is 0.145 e. The monoisotopic (exact) mass is 304 g/mol. The van der Waals surface area contributed by atoms with Gasteiger partial charge in [0, 0.05) is 21.1 Å². The number of carbonyl (C=O) groups excluding carboxylic acids is 1. The van der Waals surface area contributed by atoms with E-state index in [1.165, 1.54) is 0 Å². The number of rotatable bonds is 6. The van der Waals surface area contributed by atoms with Crippen LogP contribution in [0.2, 0.25) is 25.7 Å². The molecule has 1 fully saturated rings. The molecule has 21 heavy (non-hydrogen) atoms. The fourth-order valence-electron chi connectivity index (χ4n) is 3.01. The van der Waals surface area contributed by atoms with E-state index in [1.807, 2.05) is 18.2 Å². The summed E-state index contributed by atoms with van der Waals surface area (Å²) in [5.41, 5.74) is 0.751. The Hall–Kier alpha value is -0.933. The molecule has 1 atom stereocenters. The highest BCUT2D eigenvalue weighted by atomic mass is 28.3. The van der Waals surface area contributed by atoms with E-state index in [9.17, 15) is 4.79 Å². The Labute approximate surface area is 129 Å². The third-order valence-electron chi connectivity index (χ3n) is 4.46. The lowest BCUT2D eigenvalue weighted by molar-refractivity contribution is -0.129. The summed E-state index contributed by atoms with van der Waals surface area (Å²) in [6.07, 6.45) is 3.79. The second-order valence-electron chi connectivity index (χ2n) is 7.44. The minimum atomic E-state index is -1.07. The lowest BCUT2D eigenvalue weighted by Gasteiger charge is -2.36. The molecule has 1 aromatic carbocycles. The summed E-state index contributed by atoms with van der Waals surface area (Å²) in [4.78, 5) is 12.6. The second-order valence-corrected chi connectivity index (χ2v) is 13.1. The minimum absolute atomic E-state index is 0.368. The van der Waals surface area contributed by atoms with Crippen LogP contribution in [0.1, 0.15) is 31.2 Å². The molecule has 0 aromatic heterocycles. The summed E-state index contributed by atoms with van der Waals surface area (Å²) >= 11 is 0. The molecule has 0 bridgehead atoms. The molecule has 1 aliphatic carbocycles. The summed E-state index contributed by atoms with van der Waals surface area (Å²) in [5, 5.41) is 0. The van der Waals surface area contributed by atoms with Crippen LogP contribution < -0.4 is 0 Å². The van der Waals surface area contributed by atoms with E-state index in [0.29, 0.717) is 18.8 Å². The zero-order valence-electron chi connectivity index (χ0n) is 13.7. The highest BCUT2D eigenvalue weighted by Gasteiger charge is 2.41. The van der Waals surface area contributed by atoms with Gasteiger partial charge in [0.1, 0.15) is 5.78 Å². The molecule has 0 radical (unpaired) electrons. The Morgan fingerprint density at radius 3 is 2.48 bits per heavy atom. The fraction of sp³-hybridized carbons (Fsp3) is 0.611. The van der Waals surface area contributed by atoms with Gasteiger partial charge in [-0.1, -0.05) is 56.4 Å². The van der Waals surface area contributed by atoms with Gasteiger partial charge in [-0.05, 0) is 24.4 Å². The van der Waals surface area contributed by atoms with Gasteiger partial charge in [0.2, 0.25) is 0 Å². The van der Waals surface area contributed by atoms with Crippen molar-refractivity contribution >= 4 is 13.9 Å². The van der Waals surface area contributed by atoms with E-state index < -0.39 is 8.07 Å². The van der Waals surface area contributed by atoms with Crippen molar-refractivity contribution in [1.29, 1.82) is 0 Å². The molecule has 0 unspecified atom stereocenters. The van der Waals surface area contributed by atoms with Crippen LogP contribution in [-0.4, -0.2) is 27.1 Å². The quantitative estimate of drug-likeness (QED) is 0.574. The van der Waals surface area contributed by atoms with E-state index in [4.69, 9.17) is 4.74 Å². The largest absolute Gasteiger partial charge is 0.380 e. The van der Waals surface area contributed by atoms with Gasteiger partial charge in [-0.15, -0.1) is 0 Å². The van der Waals surface area contributed by atoms with Crippen molar-refractivity contribution in [2.45, 2.75) is 56.8 Å². The van der Waals surface area contributed by atoms with Crippen LogP contribution >= 0.6 is 0 Å². The Bertz CT molecular complexity index is 464. The molecule has 0 spiro atoms. The van der Waals surface area contributed by atoms with Crippen molar-refractivity contribution < 1.29 is 9.53 Å². The van der Waals surface area contributed by atoms with Crippen LogP contribution in [0.5, 0.6) is 0 Å². The molecule has 1 aliphatic rings. The van der Waals surface area contributed by atoms with Gasteiger partial charge >= 0.3 is 0 Å². The summed E-state index contributed by atoms with van der Waals surface area (Å²) in [7, 11) is -1.07. The Morgan fingerprint density at radius 2 is 1.86 bits per heavy atom. The maximum Gasteiger partial charge on any atom is 0.145 e. The van der Waals surface area contributed by atoms with Gasteiger partial charge in [0.25, 0.3) is 0 Å². The van der Waals surface area contributed by atoms with Crippen LogP contribution in [0.15, 0.2) is 30.3 Å². The van der Waals surface area contributed by atoms with Crippen molar-refractivity contribution in [2.24, 2.45) is 0 Å². The van der Waals surface area contributed by atoms with Gasteiger partial charge in [-0.3, -0.25) is 4.79 Å². The zero-order valence-corrected chi connectivity index (χ0v) is 14.7. The topological polar surface area (TPSA) is 26.3 Å². The second kappa shape index (κ2) is 6.88. The first-order valence-electron chi connectivity index (χ1n) is 8.11. The highest BCUT2D eigenvalue weighted by Crippen LogP contribution is 2.37. The minimum Gasteiger partial charge on any atom is -0.380 e. The Kier molecular flexibility index (Phi) is 5.39. The Balaban J connectivity index is 2.08. The molecule has 1 aromatic rings. The van der Waals surface area contributed by atoms with Gasteiger partial charge in [-0.25, -0.2) is 0 Å². The third kappa shape index (κ3) is 4.27. The van der Waals surface area contributed by atoms with Crippen molar-refractivity contribution in [1.82, 2.24) is 0 Å². The van der Waals surface area contributed by atoms with Crippen molar-refractivity contribution in [2.75, 3.05) is 13.2 Å². The number of hydrogen-bond acceptors (Lipinski definition) is 2. The van der Waals surface area contributed by atoms with E-state index in [0.717, 1.165) is 37.5 Å². The Morgan fingerprint density at radius 1 is 1.14 bits per heavy atom. The summed E-state index contributed by atoms with van der Waals surface area (Å²) in [5.74, 6) is 0.368. The molecule has 3 heteroatoms. The van der Waals surface area contributed by atoms with Gasteiger partial charge in [-0.2, -0.15) is 0 Å². The van der Waals surface area contributed by atoms with Crippen LogP contribution in [-0.2, 0) is 14.9 Å². The molecule has 0 N–H and O–H groups in total. The molecule has 0 aliphatic heterocycles. The van der Waals surface area contributed by atoms with Crippen LogP contribution in [0.4, 0.5) is 0 Å². The zero-order chi connectivity index (χ0) is 15.3. The number of hydrogen-bond donors (Lipinski definition) is 0. The van der Waals surface area contributed by atoms with E-state index in [2.05, 4.69) is 31.8 Å². The molecule has 2 rings (SSSR count). The number of carbonyl (C=O) groups is 1. The van der Waals surface area contributed by atoms with Crippen molar-refractivity contribution in [3.05, 3.63) is 35.9 Å². The summed E-state index contributed by atoms with van der Waals surface area (Å²) < 4.78 is 5.99. The van der Waals surface area contributed by atoms with E-state index in [1.54, 1.807) is 0 Å². The first-order valence-corrected chi connectivity index (χ1v) is 11.8. The van der Waals surface area contributed by atoms with Gasteiger partial charge in [0.05, 0.1) is 12.0 Å². The molecular formula is C18H28O2Si. The lowest BCUT2D eigenvalue weighted by atomic mass is 9.69. The average Bonchev–Trinajstić information content (AvgIpc) is 2.45. The predicted molar refractivity (Wildman–Crippen MR) is 90.6 cm³/mol. The first-order chi connectivity index (χ1) is 9.94. The van der Waals surface area contributed by atoms with Crippen molar-refractivity contribution in [3.8, 4) is 0 Å². The highest BCUT2D eigenvalue weighted by molar-refractivity contribution is 6.76. The maximum atomic E-state index is 12.6. The molecule has 0 amide bonds. The van der Waals surface area contributed by atoms with Gasteiger partial charge in [0.15, 0.2) is 0 Å². The number of benzene rings is 1. The fourth-order valence-corrected chi connectivity index (χ4v) is 3.77. The number of Topliss-reactive ketones (excluding diaryl/α,β-unsaturated/α-hetero) is 1. The molecule has 1 saturated carbocycles. The molecule has 0 heterocycles. The van der Waals surface area contributed by atoms with Gasteiger partial charge < -0.3 is 4.74 Å². The third-order valence-corrected chi connectivity index (χ3v) is 6.17. The average molecular weight is 305 g/mol. The summed E-state index contributed by atoms with van der Waals surface area (Å²) in [6.45, 7) is 8.41. The van der Waals surface area contributed by atoms with E-state index in [-0.39, 0.29) is 5.41 Å². The SMILES string of the molecule is C[Si](C)(C)CCOC[C@]1(c2ccccc2)CCCCC1=O. The molecule has 116 valence electrons. The van der Waals surface area contributed by atoms with Crippen molar-refractivity contribution in [3.63, 3.8) is 0 Å². The number of ketones is 1. The van der Waals surface area contributed by atoms with E-state index >= 15 is 0 Å². The molecule has 0 saturated heterocycles. The van der Waals surface area contributed by atoms with Crippen LogP contribution in [0.3, 0.4) is 0 Å². The molecular weight excluding hydrogens is 276 g/mol. The van der Waals surface area contributed by atoms with Crippen LogP contribution in [0.25, 0.3) is 0 Å². The standard InChI is InChI=1S/C18H28O2Si/c1-21(2,3)14-13-20-15-18(12-8-7-11-17(18)19)16-9-5-4-6-10-16/h4-6,9-10H,7-8,11-15H2,1-3H3/t18-/m0/s1. The summed E-state index contributed by atoms with van der Waals surface area (Å²) in [6, 6.07) is 11.4. The maximum absolute atomic E-state index is 12.6. The number of ether oxygens (including phenoxy) is 1. The first kappa shape index (κ1) is 16.4. The normalized spacial score (nSPS) is 23.3. The molecule has 2 nitrogen and oxygen atoms in total. The lowest BCUT2D eigenvalue weighted by Crippen LogP contribution is -2.43. The predicted octanol–water partition coefficient (Wildman–Crippen LogP) is 4.42. The van der Waals surface area contributed by atoms with Crippen LogP contribution in [0, 0.1) is 0 Å².